The van der Waals surface area contributed by atoms with Crippen molar-refractivity contribution in [3.05, 3.63) is 35.6 Å². The zero-order chi connectivity index (χ0) is 14.9. The van der Waals surface area contributed by atoms with E-state index < -0.39 is 11.9 Å². The van der Waals surface area contributed by atoms with Gasteiger partial charge in [-0.05, 0) is 38.5 Å². The van der Waals surface area contributed by atoms with Crippen LogP contribution in [0.25, 0.3) is 0 Å². The van der Waals surface area contributed by atoms with E-state index in [-0.39, 0.29) is 5.78 Å². The van der Waals surface area contributed by atoms with Gasteiger partial charge in [-0.2, -0.15) is 0 Å². The van der Waals surface area contributed by atoms with Crippen LogP contribution >= 0.6 is 0 Å². The molecule has 0 radical (unpaired) electrons. The van der Waals surface area contributed by atoms with Crippen molar-refractivity contribution >= 4 is 28.8 Å². The highest BCUT2D eigenvalue weighted by Gasteiger charge is 2.33. The van der Waals surface area contributed by atoms with Gasteiger partial charge in [-0.25, -0.2) is 0 Å². The fraction of sp³-hybridized carbons (Fsp3) is 0.267. The van der Waals surface area contributed by atoms with Crippen LogP contribution in [0.3, 0.4) is 0 Å². The molecule has 20 heavy (non-hydrogen) atoms. The Morgan fingerprint density at radius 1 is 1.30 bits per heavy atom. The van der Waals surface area contributed by atoms with E-state index in [9.17, 15) is 9.59 Å². The lowest BCUT2D eigenvalue weighted by Crippen LogP contribution is -2.34. The van der Waals surface area contributed by atoms with Crippen molar-refractivity contribution in [1.82, 2.24) is 0 Å². The standard InChI is InChI=1S/C15H16N2O3/c1-8-4-5-11(16)12(6-8)17-10(3)14-13(18)7-9(2)20-15(14)19/h4-7,14H,16H2,1-3H3/t14-/m0/s1. The number of benzene rings is 1. The number of nitrogen functional groups attached to an aromatic ring is 1. The summed E-state index contributed by atoms with van der Waals surface area (Å²) in [6.45, 7) is 5.11. The molecule has 1 aromatic rings. The number of allylic oxidation sites excluding steroid dienone is 2. The number of hydrogen-bond acceptors (Lipinski definition) is 5. The maximum atomic E-state index is 11.9. The lowest BCUT2D eigenvalue weighted by Gasteiger charge is -2.18. The molecule has 0 saturated heterocycles. The smallest absolute Gasteiger partial charge is 0.327 e. The molecule has 0 fully saturated rings. The Labute approximate surface area is 117 Å². The lowest BCUT2D eigenvalue weighted by molar-refractivity contribution is -0.146. The van der Waals surface area contributed by atoms with E-state index >= 15 is 0 Å². The summed E-state index contributed by atoms with van der Waals surface area (Å²) in [6.07, 6.45) is 1.31. The first-order valence-electron chi connectivity index (χ1n) is 6.23. The van der Waals surface area contributed by atoms with Gasteiger partial charge in [0.25, 0.3) is 0 Å². The number of anilines is 1. The number of aryl methyl sites for hydroxylation is 1. The Morgan fingerprint density at radius 3 is 2.65 bits per heavy atom. The van der Waals surface area contributed by atoms with E-state index in [0.717, 1.165) is 5.56 Å². The van der Waals surface area contributed by atoms with Gasteiger partial charge >= 0.3 is 5.97 Å². The number of esters is 1. The summed E-state index contributed by atoms with van der Waals surface area (Å²) in [6, 6.07) is 5.42. The van der Waals surface area contributed by atoms with Crippen molar-refractivity contribution < 1.29 is 14.3 Å². The molecule has 2 N–H and O–H groups in total. The second kappa shape index (κ2) is 5.28. The largest absolute Gasteiger partial charge is 0.430 e. The fourth-order valence-corrected chi connectivity index (χ4v) is 2.03. The number of hydrogen-bond donors (Lipinski definition) is 1. The molecule has 1 heterocycles. The third-order valence-electron chi connectivity index (χ3n) is 3.03. The van der Waals surface area contributed by atoms with Crippen molar-refractivity contribution in [2.45, 2.75) is 20.8 Å². The molecule has 0 spiro atoms. The molecule has 0 aliphatic carbocycles. The number of ketones is 1. The molecule has 5 nitrogen and oxygen atoms in total. The fourth-order valence-electron chi connectivity index (χ4n) is 2.03. The molecule has 0 saturated carbocycles. The number of carbonyl (C=O) groups is 2. The Hall–Kier alpha value is -2.43. The molecule has 5 heteroatoms. The first-order chi connectivity index (χ1) is 9.38. The van der Waals surface area contributed by atoms with Crippen molar-refractivity contribution in [3.8, 4) is 0 Å². The molecular formula is C15H16N2O3. The SMILES string of the molecule is CC1=CC(=O)[C@H](C(C)=Nc2cc(C)ccc2N)C(=O)O1. The summed E-state index contributed by atoms with van der Waals surface area (Å²) in [5.74, 6) is -1.59. The number of ether oxygens (including phenoxy) is 1. The van der Waals surface area contributed by atoms with Crippen LogP contribution in [0.1, 0.15) is 19.4 Å². The third-order valence-corrected chi connectivity index (χ3v) is 3.03. The Morgan fingerprint density at radius 2 is 2.00 bits per heavy atom. The van der Waals surface area contributed by atoms with Gasteiger partial charge in [0.15, 0.2) is 11.7 Å². The summed E-state index contributed by atoms with van der Waals surface area (Å²) in [7, 11) is 0. The Bertz CT molecular complexity index is 645. The Balaban J connectivity index is 2.38. The second-order valence-electron chi connectivity index (χ2n) is 4.83. The molecular weight excluding hydrogens is 256 g/mol. The predicted molar refractivity (Wildman–Crippen MR) is 76.7 cm³/mol. The zero-order valence-electron chi connectivity index (χ0n) is 11.6. The first-order valence-corrected chi connectivity index (χ1v) is 6.23. The van der Waals surface area contributed by atoms with E-state index in [1.165, 1.54) is 6.08 Å². The zero-order valence-corrected chi connectivity index (χ0v) is 11.6. The van der Waals surface area contributed by atoms with E-state index in [1.54, 1.807) is 26.0 Å². The maximum absolute atomic E-state index is 11.9. The molecule has 0 aromatic heterocycles. The number of cyclic esters (lactones) is 1. The Kier molecular flexibility index (Phi) is 3.70. The van der Waals surface area contributed by atoms with Crippen molar-refractivity contribution in [1.29, 1.82) is 0 Å². The highest BCUT2D eigenvalue weighted by atomic mass is 16.5. The summed E-state index contributed by atoms with van der Waals surface area (Å²) in [5.41, 5.74) is 8.26. The van der Waals surface area contributed by atoms with E-state index in [1.807, 2.05) is 13.0 Å². The molecule has 0 amide bonds. The number of nitrogens with two attached hydrogens (primary N) is 1. The maximum Gasteiger partial charge on any atom is 0.327 e. The van der Waals surface area contributed by atoms with Crippen molar-refractivity contribution in [2.24, 2.45) is 10.9 Å². The summed E-state index contributed by atoms with van der Waals surface area (Å²) >= 11 is 0. The van der Waals surface area contributed by atoms with Crippen LogP contribution in [-0.4, -0.2) is 17.5 Å². The highest BCUT2D eigenvalue weighted by molar-refractivity contribution is 6.23. The molecule has 1 atom stereocenters. The average molecular weight is 272 g/mol. The molecule has 2 rings (SSSR count). The van der Waals surface area contributed by atoms with Crippen LogP contribution in [0, 0.1) is 12.8 Å². The van der Waals surface area contributed by atoms with Gasteiger partial charge in [0.1, 0.15) is 5.76 Å². The van der Waals surface area contributed by atoms with E-state index in [2.05, 4.69) is 4.99 Å². The van der Waals surface area contributed by atoms with Gasteiger partial charge in [-0.15, -0.1) is 0 Å². The second-order valence-corrected chi connectivity index (χ2v) is 4.83. The van der Waals surface area contributed by atoms with Crippen LogP contribution < -0.4 is 5.73 Å². The number of carbonyl (C=O) groups excluding carboxylic acids is 2. The topological polar surface area (TPSA) is 81.8 Å². The van der Waals surface area contributed by atoms with Gasteiger partial charge < -0.3 is 10.5 Å². The number of rotatable bonds is 2. The molecule has 1 aliphatic heterocycles. The van der Waals surface area contributed by atoms with Crippen LogP contribution in [0.4, 0.5) is 11.4 Å². The molecule has 1 aromatic carbocycles. The minimum Gasteiger partial charge on any atom is -0.430 e. The van der Waals surface area contributed by atoms with E-state index in [4.69, 9.17) is 10.5 Å². The number of nitrogens with zero attached hydrogens (tertiary/aromatic N) is 1. The minimum atomic E-state index is -0.987. The van der Waals surface area contributed by atoms with Crippen LogP contribution in [-0.2, 0) is 14.3 Å². The average Bonchev–Trinajstić information content (AvgIpc) is 2.32. The highest BCUT2D eigenvalue weighted by Crippen LogP contribution is 2.25. The summed E-state index contributed by atoms with van der Waals surface area (Å²) in [5, 5.41) is 0. The van der Waals surface area contributed by atoms with Gasteiger partial charge in [0.2, 0.25) is 0 Å². The predicted octanol–water partition coefficient (Wildman–Crippen LogP) is 2.32. The molecule has 1 aliphatic rings. The van der Waals surface area contributed by atoms with Gasteiger partial charge in [-0.3, -0.25) is 14.6 Å². The lowest BCUT2D eigenvalue weighted by atomic mass is 9.96. The van der Waals surface area contributed by atoms with Crippen LogP contribution in [0.2, 0.25) is 0 Å². The number of aliphatic imine (C=N–C) groups is 1. The summed E-state index contributed by atoms with van der Waals surface area (Å²) in [4.78, 5) is 28.0. The normalized spacial score (nSPS) is 19.6. The summed E-state index contributed by atoms with van der Waals surface area (Å²) < 4.78 is 4.97. The van der Waals surface area contributed by atoms with Crippen molar-refractivity contribution in [3.63, 3.8) is 0 Å². The van der Waals surface area contributed by atoms with Gasteiger partial charge in [0.05, 0.1) is 11.4 Å². The van der Waals surface area contributed by atoms with E-state index in [0.29, 0.717) is 22.8 Å². The monoisotopic (exact) mass is 272 g/mol. The first kappa shape index (κ1) is 14.0. The van der Waals surface area contributed by atoms with Crippen LogP contribution in [0.15, 0.2) is 35.0 Å². The minimum absolute atomic E-state index is 0.305. The quantitative estimate of drug-likeness (QED) is 0.387. The van der Waals surface area contributed by atoms with Gasteiger partial charge in [0, 0.05) is 11.8 Å². The third kappa shape index (κ3) is 2.77. The molecule has 0 bridgehead atoms. The molecule has 104 valence electrons. The van der Waals surface area contributed by atoms with Crippen molar-refractivity contribution in [2.75, 3.05) is 5.73 Å². The molecule has 0 unspecified atom stereocenters. The van der Waals surface area contributed by atoms with Gasteiger partial charge in [-0.1, -0.05) is 6.07 Å². The van der Waals surface area contributed by atoms with Crippen LogP contribution in [0.5, 0.6) is 0 Å².